The van der Waals surface area contributed by atoms with Gasteiger partial charge in [0.15, 0.2) is 0 Å². The molecule has 1 saturated heterocycles. The van der Waals surface area contributed by atoms with E-state index in [4.69, 9.17) is 4.74 Å². The van der Waals surface area contributed by atoms with Crippen LogP contribution in [0.25, 0.3) is 0 Å². The molecule has 1 aromatic heterocycles. The Hall–Kier alpha value is -2.27. The van der Waals surface area contributed by atoms with Gasteiger partial charge >= 0.3 is 5.97 Å². The van der Waals surface area contributed by atoms with E-state index in [0.717, 1.165) is 36.2 Å². The van der Waals surface area contributed by atoms with Crippen molar-refractivity contribution >= 4 is 38.2 Å². The van der Waals surface area contributed by atoms with Crippen LogP contribution in [0.2, 0.25) is 0 Å². The van der Waals surface area contributed by atoms with E-state index in [-0.39, 0.29) is 11.5 Å². The molecule has 2 aliphatic heterocycles. The Morgan fingerprint density at radius 1 is 1.12 bits per heavy atom. The second-order valence-electron chi connectivity index (χ2n) is 8.01. The van der Waals surface area contributed by atoms with E-state index in [2.05, 4.69) is 10.2 Å². The summed E-state index contributed by atoms with van der Waals surface area (Å²) >= 11 is 1.39. The topological polar surface area (TPSA) is 96.0 Å². The van der Waals surface area contributed by atoms with Gasteiger partial charge in [0.05, 0.1) is 17.1 Å². The first-order chi connectivity index (χ1) is 15.3. The number of anilines is 1. The van der Waals surface area contributed by atoms with Crippen molar-refractivity contribution in [3.8, 4) is 0 Å². The average molecular weight is 478 g/mol. The van der Waals surface area contributed by atoms with E-state index < -0.39 is 21.9 Å². The van der Waals surface area contributed by atoms with Crippen molar-refractivity contribution in [1.29, 1.82) is 0 Å². The number of hydrogen-bond acceptors (Lipinski definition) is 7. The zero-order chi connectivity index (χ0) is 22.9. The van der Waals surface area contributed by atoms with Crippen molar-refractivity contribution in [3.63, 3.8) is 0 Å². The van der Waals surface area contributed by atoms with Crippen LogP contribution < -0.4 is 5.32 Å². The minimum Gasteiger partial charge on any atom is -0.462 e. The van der Waals surface area contributed by atoms with E-state index in [1.807, 2.05) is 7.05 Å². The van der Waals surface area contributed by atoms with Crippen molar-refractivity contribution < 1.29 is 22.7 Å². The van der Waals surface area contributed by atoms with Crippen molar-refractivity contribution in [2.75, 3.05) is 38.6 Å². The minimum absolute atomic E-state index is 0.179. The van der Waals surface area contributed by atoms with Crippen LogP contribution >= 0.6 is 11.3 Å². The molecular formula is C22H27N3O5S2. The molecular weight excluding hydrogens is 450 g/mol. The van der Waals surface area contributed by atoms with Gasteiger partial charge in [-0.15, -0.1) is 11.3 Å². The summed E-state index contributed by atoms with van der Waals surface area (Å²) in [5, 5.41) is 3.33. The largest absolute Gasteiger partial charge is 0.462 e. The van der Waals surface area contributed by atoms with Crippen LogP contribution in [-0.4, -0.2) is 62.8 Å². The molecule has 0 bridgehead atoms. The summed E-state index contributed by atoms with van der Waals surface area (Å²) in [7, 11) is -1.52. The molecule has 1 fully saturated rings. The molecule has 1 N–H and O–H groups in total. The Balaban J connectivity index is 1.57. The lowest BCUT2D eigenvalue weighted by atomic mass is 10.0. The standard InChI is InChI=1S/C22H27N3O5S2/c1-3-30-22(27)19-17-10-13-24(2)14-18(17)31-21(19)23-20(26)15-6-8-16(9-7-15)32(28,29)25-11-4-5-12-25/h6-9H,3-5,10-14H2,1-2H3,(H,23,26). The van der Waals surface area contributed by atoms with Crippen molar-refractivity contribution in [2.24, 2.45) is 0 Å². The van der Waals surface area contributed by atoms with Crippen LogP contribution in [0.3, 0.4) is 0 Å². The second-order valence-corrected chi connectivity index (χ2v) is 11.0. The molecule has 3 heterocycles. The number of nitrogens with zero attached hydrogens (tertiary/aromatic N) is 2. The highest BCUT2D eigenvalue weighted by Gasteiger charge is 2.30. The van der Waals surface area contributed by atoms with Crippen LogP contribution in [0, 0.1) is 0 Å². The lowest BCUT2D eigenvalue weighted by Crippen LogP contribution is -2.27. The molecule has 0 saturated carbocycles. The van der Waals surface area contributed by atoms with Gasteiger partial charge in [0.2, 0.25) is 10.0 Å². The van der Waals surface area contributed by atoms with Crippen LogP contribution in [0.5, 0.6) is 0 Å². The molecule has 10 heteroatoms. The number of carbonyl (C=O) groups is 2. The summed E-state index contributed by atoms with van der Waals surface area (Å²) in [6, 6.07) is 5.93. The van der Waals surface area contributed by atoms with Crippen molar-refractivity contribution in [2.45, 2.75) is 37.6 Å². The van der Waals surface area contributed by atoms with E-state index in [1.165, 1.54) is 39.9 Å². The highest BCUT2D eigenvalue weighted by Crippen LogP contribution is 2.37. The van der Waals surface area contributed by atoms with Crippen LogP contribution in [0.15, 0.2) is 29.2 Å². The summed E-state index contributed by atoms with van der Waals surface area (Å²) in [6.07, 6.45) is 2.45. The van der Waals surface area contributed by atoms with Crippen LogP contribution in [-0.2, 0) is 27.7 Å². The van der Waals surface area contributed by atoms with Gasteiger partial charge in [-0.1, -0.05) is 0 Å². The Morgan fingerprint density at radius 3 is 2.47 bits per heavy atom. The second kappa shape index (κ2) is 9.30. The summed E-state index contributed by atoms with van der Waals surface area (Å²) in [4.78, 5) is 28.9. The zero-order valence-corrected chi connectivity index (χ0v) is 19.9. The lowest BCUT2D eigenvalue weighted by molar-refractivity contribution is 0.0526. The predicted octanol–water partition coefficient (Wildman–Crippen LogP) is 2.95. The Bertz CT molecular complexity index is 1120. The van der Waals surface area contributed by atoms with Gasteiger partial charge in [0, 0.05) is 36.6 Å². The minimum atomic E-state index is -3.53. The zero-order valence-electron chi connectivity index (χ0n) is 18.2. The van der Waals surface area contributed by atoms with Gasteiger partial charge in [-0.25, -0.2) is 13.2 Å². The van der Waals surface area contributed by atoms with Gasteiger partial charge in [-0.05, 0) is 63.1 Å². The molecule has 0 atom stereocenters. The molecule has 1 aromatic carbocycles. The molecule has 0 aliphatic carbocycles. The first-order valence-corrected chi connectivity index (χ1v) is 13.0. The number of rotatable bonds is 6. The third-order valence-corrected chi connectivity index (χ3v) is 8.82. The number of hydrogen-bond donors (Lipinski definition) is 1. The fraction of sp³-hybridized carbons (Fsp3) is 0.455. The maximum Gasteiger partial charge on any atom is 0.341 e. The Morgan fingerprint density at radius 2 is 1.81 bits per heavy atom. The predicted molar refractivity (Wildman–Crippen MR) is 123 cm³/mol. The maximum absolute atomic E-state index is 12.9. The molecule has 2 aliphatic rings. The maximum atomic E-state index is 12.9. The number of likely N-dealkylation sites (N-methyl/N-ethyl adjacent to an activating group) is 1. The summed E-state index contributed by atoms with van der Waals surface area (Å²) in [5.41, 5.74) is 1.69. The number of amides is 1. The third kappa shape index (κ3) is 4.45. The van der Waals surface area contributed by atoms with Crippen LogP contribution in [0.1, 0.15) is 50.9 Å². The Labute approximate surface area is 192 Å². The van der Waals surface area contributed by atoms with Gasteiger partial charge in [-0.2, -0.15) is 4.31 Å². The number of carbonyl (C=O) groups excluding carboxylic acids is 2. The third-order valence-electron chi connectivity index (χ3n) is 5.77. The fourth-order valence-corrected chi connectivity index (χ4v) is 6.90. The molecule has 0 spiro atoms. The number of nitrogens with one attached hydrogen (secondary N) is 1. The van der Waals surface area contributed by atoms with E-state index in [0.29, 0.717) is 35.8 Å². The SMILES string of the molecule is CCOC(=O)c1c(NC(=O)c2ccc(S(=O)(=O)N3CCCC3)cc2)sc2c1CCN(C)C2. The van der Waals surface area contributed by atoms with Gasteiger partial charge < -0.3 is 15.0 Å². The van der Waals surface area contributed by atoms with Gasteiger partial charge in [0.25, 0.3) is 5.91 Å². The van der Waals surface area contributed by atoms with E-state index in [1.54, 1.807) is 6.92 Å². The fourth-order valence-electron chi connectivity index (χ4n) is 4.07. The molecule has 172 valence electrons. The monoisotopic (exact) mass is 477 g/mol. The number of sulfonamides is 1. The molecule has 4 rings (SSSR count). The number of fused-ring (bicyclic) bond motifs is 1. The molecule has 0 unspecified atom stereocenters. The first-order valence-electron chi connectivity index (χ1n) is 10.7. The number of thiophene rings is 1. The number of benzene rings is 1. The van der Waals surface area contributed by atoms with Gasteiger partial charge in [0.1, 0.15) is 5.00 Å². The molecule has 2 aromatic rings. The highest BCUT2D eigenvalue weighted by molar-refractivity contribution is 7.89. The molecule has 1 amide bonds. The van der Waals surface area contributed by atoms with Gasteiger partial charge in [-0.3, -0.25) is 4.79 Å². The quantitative estimate of drug-likeness (QED) is 0.643. The average Bonchev–Trinajstić information content (AvgIpc) is 3.42. The summed E-state index contributed by atoms with van der Waals surface area (Å²) in [6.45, 7) is 4.60. The molecule has 8 nitrogen and oxygen atoms in total. The normalized spacial score (nSPS) is 17.2. The smallest absolute Gasteiger partial charge is 0.341 e. The summed E-state index contributed by atoms with van der Waals surface area (Å²) in [5.74, 6) is -0.829. The molecule has 0 radical (unpaired) electrons. The van der Waals surface area contributed by atoms with Crippen molar-refractivity contribution in [3.05, 3.63) is 45.8 Å². The van der Waals surface area contributed by atoms with E-state index >= 15 is 0 Å². The number of ether oxygens (including phenoxy) is 1. The van der Waals surface area contributed by atoms with E-state index in [9.17, 15) is 18.0 Å². The first kappa shape index (κ1) is 22.9. The highest BCUT2D eigenvalue weighted by atomic mass is 32.2. The van der Waals surface area contributed by atoms with Crippen LogP contribution in [0.4, 0.5) is 5.00 Å². The summed E-state index contributed by atoms with van der Waals surface area (Å²) < 4.78 is 32.1. The molecule has 32 heavy (non-hydrogen) atoms. The number of esters is 1. The Kier molecular flexibility index (Phi) is 6.66. The lowest BCUT2D eigenvalue weighted by Gasteiger charge is -2.22. The van der Waals surface area contributed by atoms with Crippen molar-refractivity contribution in [1.82, 2.24) is 9.21 Å².